The van der Waals surface area contributed by atoms with Gasteiger partial charge in [0.05, 0.1) is 0 Å². The molecule has 0 saturated carbocycles. The van der Waals surface area contributed by atoms with E-state index < -0.39 is 0 Å². The van der Waals surface area contributed by atoms with Crippen molar-refractivity contribution >= 4 is 5.57 Å². The van der Waals surface area contributed by atoms with Crippen molar-refractivity contribution in [2.24, 2.45) is 0 Å². The zero-order chi connectivity index (χ0) is 13.8. The molecule has 1 atom stereocenters. The maximum absolute atomic E-state index is 4.10. The average Bonchev–Trinajstić information content (AvgIpc) is 2.46. The van der Waals surface area contributed by atoms with E-state index in [1.54, 1.807) is 0 Å². The Hall–Kier alpha value is -2.08. The maximum atomic E-state index is 4.10. The molecule has 0 saturated heterocycles. The van der Waals surface area contributed by atoms with E-state index >= 15 is 0 Å². The van der Waals surface area contributed by atoms with Crippen LogP contribution in [0.4, 0.5) is 0 Å². The van der Waals surface area contributed by atoms with Gasteiger partial charge in [-0.15, -0.1) is 6.58 Å². The van der Waals surface area contributed by atoms with Gasteiger partial charge in [-0.1, -0.05) is 73.7 Å². The number of benzene rings is 2. The number of rotatable bonds is 4. The Morgan fingerprint density at radius 2 is 1.74 bits per heavy atom. The topological polar surface area (TPSA) is 0 Å². The summed E-state index contributed by atoms with van der Waals surface area (Å²) >= 11 is 0. The van der Waals surface area contributed by atoms with Crippen molar-refractivity contribution in [1.29, 1.82) is 0 Å². The van der Waals surface area contributed by atoms with Crippen LogP contribution in [0.3, 0.4) is 0 Å². The van der Waals surface area contributed by atoms with Crippen LogP contribution in [0.1, 0.15) is 30.9 Å². The quantitative estimate of drug-likeness (QED) is 0.611. The zero-order valence-electron chi connectivity index (χ0n) is 11.7. The van der Waals surface area contributed by atoms with Gasteiger partial charge in [0.25, 0.3) is 0 Å². The maximum Gasteiger partial charge on any atom is -0.0000925 e. The second-order valence-electron chi connectivity index (χ2n) is 4.94. The second-order valence-corrected chi connectivity index (χ2v) is 4.94. The summed E-state index contributed by atoms with van der Waals surface area (Å²) in [6.45, 7) is 12.3. The first-order valence-corrected chi connectivity index (χ1v) is 6.62. The van der Waals surface area contributed by atoms with Crippen molar-refractivity contribution in [1.82, 2.24) is 0 Å². The van der Waals surface area contributed by atoms with Crippen LogP contribution in [0.15, 0.2) is 67.8 Å². The SMILES string of the molecule is C=CC(C)c1c(C(=C)C)cccc1-c1ccccc1. The van der Waals surface area contributed by atoms with Gasteiger partial charge in [-0.05, 0) is 35.1 Å². The molecule has 1 unspecified atom stereocenters. The number of allylic oxidation sites excluding steroid dienone is 2. The lowest BCUT2D eigenvalue weighted by Gasteiger charge is -2.19. The summed E-state index contributed by atoms with van der Waals surface area (Å²) in [5, 5.41) is 0. The van der Waals surface area contributed by atoms with Crippen molar-refractivity contribution in [3.63, 3.8) is 0 Å². The molecule has 0 radical (unpaired) electrons. The molecule has 0 aromatic heterocycles. The van der Waals surface area contributed by atoms with E-state index in [0.29, 0.717) is 5.92 Å². The van der Waals surface area contributed by atoms with Crippen LogP contribution in [-0.4, -0.2) is 0 Å². The fourth-order valence-corrected chi connectivity index (χ4v) is 2.42. The van der Waals surface area contributed by atoms with Crippen LogP contribution in [0.5, 0.6) is 0 Å². The van der Waals surface area contributed by atoms with Gasteiger partial charge in [-0.2, -0.15) is 0 Å². The highest BCUT2D eigenvalue weighted by Crippen LogP contribution is 2.35. The van der Waals surface area contributed by atoms with Crippen molar-refractivity contribution in [2.45, 2.75) is 19.8 Å². The normalized spacial score (nSPS) is 11.9. The standard InChI is InChI=1S/C19H20/c1-5-15(4)19-17(14(2)3)12-9-13-18(19)16-10-7-6-8-11-16/h5-13,15H,1-2H2,3-4H3. The molecule has 2 aromatic carbocycles. The monoisotopic (exact) mass is 248 g/mol. The number of hydrogen-bond donors (Lipinski definition) is 0. The molecular formula is C19H20. The first-order valence-electron chi connectivity index (χ1n) is 6.62. The summed E-state index contributed by atoms with van der Waals surface area (Å²) in [5.74, 6) is 0.308. The van der Waals surface area contributed by atoms with Gasteiger partial charge in [0.15, 0.2) is 0 Å². The molecule has 0 nitrogen and oxygen atoms in total. The third-order valence-electron chi connectivity index (χ3n) is 3.46. The summed E-state index contributed by atoms with van der Waals surface area (Å²) in [6.07, 6.45) is 1.99. The lowest BCUT2D eigenvalue weighted by molar-refractivity contribution is 0.967. The first kappa shape index (κ1) is 13.4. The van der Waals surface area contributed by atoms with Gasteiger partial charge in [0, 0.05) is 0 Å². The largest absolute Gasteiger partial charge is 0.102 e. The molecule has 0 N–H and O–H groups in total. The molecule has 2 aromatic rings. The molecular weight excluding hydrogens is 228 g/mol. The highest BCUT2D eigenvalue weighted by Gasteiger charge is 2.14. The van der Waals surface area contributed by atoms with Crippen molar-refractivity contribution in [3.05, 3.63) is 78.9 Å². The lowest BCUT2D eigenvalue weighted by atomic mass is 9.85. The van der Waals surface area contributed by atoms with E-state index in [1.807, 2.05) is 12.1 Å². The van der Waals surface area contributed by atoms with Crippen LogP contribution in [0, 0.1) is 0 Å². The molecule has 19 heavy (non-hydrogen) atoms. The Balaban J connectivity index is 2.70. The molecule has 0 heterocycles. The summed E-state index contributed by atoms with van der Waals surface area (Å²) in [5.41, 5.74) is 6.16. The molecule has 0 aliphatic carbocycles. The van der Waals surface area contributed by atoms with E-state index in [2.05, 4.69) is 69.5 Å². The Labute approximate surface area is 116 Å². The Morgan fingerprint density at radius 3 is 2.32 bits per heavy atom. The Morgan fingerprint density at radius 1 is 1.05 bits per heavy atom. The molecule has 0 bridgehead atoms. The average molecular weight is 248 g/mol. The summed E-state index contributed by atoms with van der Waals surface area (Å²) in [7, 11) is 0. The van der Waals surface area contributed by atoms with Crippen LogP contribution in [-0.2, 0) is 0 Å². The second kappa shape index (κ2) is 5.71. The van der Waals surface area contributed by atoms with E-state index in [-0.39, 0.29) is 0 Å². The predicted octanol–water partition coefficient (Wildman–Crippen LogP) is 5.68. The fourth-order valence-electron chi connectivity index (χ4n) is 2.42. The lowest BCUT2D eigenvalue weighted by Crippen LogP contribution is -1.99. The molecule has 0 spiro atoms. The minimum atomic E-state index is 0.308. The van der Waals surface area contributed by atoms with Crippen LogP contribution >= 0.6 is 0 Å². The van der Waals surface area contributed by atoms with Gasteiger partial charge < -0.3 is 0 Å². The first-order chi connectivity index (χ1) is 9.15. The molecule has 0 aliphatic rings. The Kier molecular flexibility index (Phi) is 4.01. The van der Waals surface area contributed by atoms with E-state index in [4.69, 9.17) is 0 Å². The summed E-state index contributed by atoms with van der Waals surface area (Å²) in [4.78, 5) is 0. The highest BCUT2D eigenvalue weighted by molar-refractivity contribution is 5.77. The molecule has 2 rings (SSSR count). The van der Waals surface area contributed by atoms with Crippen LogP contribution in [0.2, 0.25) is 0 Å². The minimum Gasteiger partial charge on any atom is -0.102 e. The van der Waals surface area contributed by atoms with Gasteiger partial charge >= 0.3 is 0 Å². The summed E-state index contributed by atoms with van der Waals surface area (Å²) < 4.78 is 0. The van der Waals surface area contributed by atoms with Gasteiger partial charge in [0.1, 0.15) is 0 Å². The third kappa shape index (κ3) is 2.68. The predicted molar refractivity (Wildman–Crippen MR) is 85.2 cm³/mol. The van der Waals surface area contributed by atoms with Crippen molar-refractivity contribution in [2.75, 3.05) is 0 Å². The third-order valence-corrected chi connectivity index (χ3v) is 3.46. The van der Waals surface area contributed by atoms with Crippen molar-refractivity contribution < 1.29 is 0 Å². The van der Waals surface area contributed by atoms with Crippen molar-refractivity contribution in [3.8, 4) is 11.1 Å². The van der Waals surface area contributed by atoms with Gasteiger partial charge in [-0.25, -0.2) is 0 Å². The highest BCUT2D eigenvalue weighted by atomic mass is 14.2. The fraction of sp³-hybridized carbons (Fsp3) is 0.158. The molecule has 0 aliphatic heterocycles. The zero-order valence-corrected chi connectivity index (χ0v) is 11.7. The molecule has 0 heteroatoms. The van der Waals surface area contributed by atoms with Crippen LogP contribution < -0.4 is 0 Å². The van der Waals surface area contributed by atoms with E-state index in [1.165, 1.54) is 22.3 Å². The van der Waals surface area contributed by atoms with E-state index in [9.17, 15) is 0 Å². The summed E-state index contributed by atoms with van der Waals surface area (Å²) in [6, 6.07) is 16.9. The number of hydrogen-bond acceptors (Lipinski definition) is 0. The molecule has 0 amide bonds. The molecule has 96 valence electrons. The van der Waals surface area contributed by atoms with Gasteiger partial charge in [-0.3, -0.25) is 0 Å². The van der Waals surface area contributed by atoms with Gasteiger partial charge in [0.2, 0.25) is 0 Å². The molecule has 0 fully saturated rings. The van der Waals surface area contributed by atoms with Crippen LogP contribution in [0.25, 0.3) is 16.7 Å². The van der Waals surface area contributed by atoms with E-state index in [0.717, 1.165) is 5.57 Å². The smallest absolute Gasteiger partial charge is 0.0000925 e. The minimum absolute atomic E-state index is 0.308. The Bertz CT molecular complexity index is 591.